The van der Waals surface area contributed by atoms with E-state index in [-0.39, 0.29) is 18.7 Å². The van der Waals surface area contributed by atoms with Crippen LogP contribution in [0.3, 0.4) is 0 Å². The fourth-order valence-electron chi connectivity index (χ4n) is 5.25. The Morgan fingerprint density at radius 2 is 1.79 bits per heavy atom. The van der Waals surface area contributed by atoms with E-state index in [0.29, 0.717) is 0 Å². The van der Waals surface area contributed by atoms with Crippen LogP contribution in [0, 0.1) is 0 Å². The molecule has 2 aliphatic rings. The average molecular weight is 602 g/mol. The summed E-state index contributed by atoms with van der Waals surface area (Å²) < 4.78 is 50.3. The number of β-lactam (4-membered cyclic amide) rings is 1. The zero-order valence-electron chi connectivity index (χ0n) is 24.3. The van der Waals surface area contributed by atoms with Gasteiger partial charge in [-0.25, -0.2) is 4.79 Å². The summed E-state index contributed by atoms with van der Waals surface area (Å²) in [7, 11) is 0. The molecule has 0 aromatic heterocycles. The second-order valence-electron chi connectivity index (χ2n) is 11.3. The quantitative estimate of drug-likeness (QED) is 0.252. The Bertz CT molecular complexity index is 1390. The summed E-state index contributed by atoms with van der Waals surface area (Å²) in [6, 6.07) is 9.86. The Labute approximate surface area is 247 Å². The number of nitrogens with one attached hydrogen (secondary N) is 1. The van der Waals surface area contributed by atoms with E-state index in [1.54, 1.807) is 52.0 Å². The molecular formula is C31H34F3N3O6. The van der Waals surface area contributed by atoms with Crippen LogP contribution >= 0.6 is 0 Å². The lowest BCUT2D eigenvalue weighted by Gasteiger charge is -2.52. The first kappa shape index (κ1) is 31.6. The molecule has 3 amide bonds. The van der Waals surface area contributed by atoms with E-state index in [9.17, 15) is 32.3 Å². The highest BCUT2D eigenvalue weighted by Gasteiger charge is 2.58. The lowest BCUT2D eigenvalue weighted by molar-refractivity contribution is -0.168. The molecule has 2 fully saturated rings. The van der Waals surface area contributed by atoms with Gasteiger partial charge in [-0.3, -0.25) is 19.3 Å². The van der Waals surface area contributed by atoms with Crippen molar-refractivity contribution in [3.8, 4) is 0 Å². The number of alkyl halides is 3. The lowest BCUT2D eigenvalue weighted by Crippen LogP contribution is -2.74. The number of carbonyl (C=O) groups excluding carboxylic acids is 4. The Morgan fingerprint density at radius 1 is 1.09 bits per heavy atom. The maximum atomic E-state index is 13.8. The molecule has 0 unspecified atom stereocenters. The van der Waals surface area contributed by atoms with E-state index >= 15 is 0 Å². The smallest absolute Gasteiger partial charge is 0.416 e. The lowest BCUT2D eigenvalue weighted by atomic mass is 9.88. The van der Waals surface area contributed by atoms with Crippen LogP contribution < -0.4 is 5.32 Å². The highest BCUT2D eigenvalue weighted by Crippen LogP contribution is 2.38. The SMILES string of the molecule is CC=C[C@@H]1[C@H](N2C(=O)OC[C@@H]2c2ccccc2)C(=O)N1[C@H](CC(=O)OC(C)(C)C)C(=O)NCc1cccc(C(F)(F)F)c1. The van der Waals surface area contributed by atoms with Crippen molar-refractivity contribution in [3.05, 3.63) is 83.4 Å². The molecule has 43 heavy (non-hydrogen) atoms. The van der Waals surface area contributed by atoms with E-state index in [2.05, 4.69) is 5.32 Å². The molecule has 1 N–H and O–H groups in total. The molecule has 2 aromatic rings. The summed E-state index contributed by atoms with van der Waals surface area (Å²) in [5, 5.41) is 2.57. The van der Waals surface area contributed by atoms with Gasteiger partial charge in [-0.15, -0.1) is 0 Å². The minimum Gasteiger partial charge on any atom is -0.460 e. The number of benzene rings is 2. The molecule has 0 saturated carbocycles. The second kappa shape index (κ2) is 12.5. The summed E-state index contributed by atoms with van der Waals surface area (Å²) in [5.74, 6) is -2.08. The van der Waals surface area contributed by atoms with Crippen molar-refractivity contribution in [1.82, 2.24) is 15.1 Å². The van der Waals surface area contributed by atoms with Gasteiger partial charge in [-0.1, -0.05) is 54.6 Å². The normalized spacial score (nSPS) is 21.4. The molecule has 0 spiro atoms. The fourth-order valence-corrected chi connectivity index (χ4v) is 5.25. The van der Waals surface area contributed by atoms with Crippen molar-refractivity contribution in [2.24, 2.45) is 0 Å². The maximum Gasteiger partial charge on any atom is 0.416 e. The Morgan fingerprint density at radius 3 is 2.42 bits per heavy atom. The van der Waals surface area contributed by atoms with Crippen LogP contribution in [0.1, 0.15) is 56.8 Å². The first-order chi connectivity index (χ1) is 20.2. The van der Waals surface area contributed by atoms with Crippen molar-refractivity contribution in [2.75, 3.05) is 6.61 Å². The standard InChI is InChI=1S/C31H34F3N3O6/c1-5-10-22-26(37-24(18-42-29(37)41)20-12-7-6-8-13-20)28(40)36(22)23(16-25(38)43-30(2,3)4)27(39)35-17-19-11-9-14-21(15-19)31(32,33)34/h5-15,22-24,26H,16-18H2,1-4H3,(H,35,39)/t22-,23-,24-,26+/m1/s1. The number of ether oxygens (including phenoxy) is 2. The summed E-state index contributed by atoms with van der Waals surface area (Å²) in [5.41, 5.74) is -0.794. The van der Waals surface area contributed by atoms with Crippen LogP contribution in [0.25, 0.3) is 0 Å². The van der Waals surface area contributed by atoms with E-state index < -0.39 is 71.8 Å². The number of rotatable bonds is 9. The number of hydrogen-bond donors (Lipinski definition) is 1. The Hall–Kier alpha value is -4.35. The molecule has 0 aliphatic carbocycles. The van der Waals surface area contributed by atoms with Crippen LogP contribution in [0.15, 0.2) is 66.7 Å². The summed E-state index contributed by atoms with van der Waals surface area (Å²) in [6.45, 7) is 6.44. The number of cyclic esters (lactones) is 1. The van der Waals surface area contributed by atoms with E-state index in [1.807, 2.05) is 18.2 Å². The summed E-state index contributed by atoms with van der Waals surface area (Å²) in [4.78, 5) is 55.6. The number of likely N-dealkylation sites (tertiary alicyclic amines) is 1. The topological polar surface area (TPSA) is 105 Å². The van der Waals surface area contributed by atoms with Gasteiger partial charge in [-0.2, -0.15) is 13.2 Å². The number of nitrogens with zero attached hydrogens (tertiary/aromatic N) is 2. The highest BCUT2D eigenvalue weighted by molar-refractivity contribution is 5.99. The number of amides is 3. The van der Waals surface area contributed by atoms with Crippen LogP contribution in [0.5, 0.6) is 0 Å². The van der Waals surface area contributed by atoms with Gasteiger partial charge in [0.1, 0.15) is 24.3 Å². The molecule has 2 aliphatic heterocycles. The predicted octanol–water partition coefficient (Wildman–Crippen LogP) is 4.77. The van der Waals surface area contributed by atoms with Crippen LogP contribution in [-0.2, 0) is 36.6 Å². The van der Waals surface area contributed by atoms with Crippen molar-refractivity contribution in [2.45, 2.75) is 76.6 Å². The molecule has 4 atom stereocenters. The third kappa shape index (κ3) is 7.18. The van der Waals surface area contributed by atoms with Gasteiger partial charge in [0.15, 0.2) is 0 Å². The zero-order valence-corrected chi connectivity index (χ0v) is 24.3. The van der Waals surface area contributed by atoms with Crippen molar-refractivity contribution in [3.63, 3.8) is 0 Å². The number of hydrogen-bond acceptors (Lipinski definition) is 6. The molecule has 0 radical (unpaired) electrons. The van der Waals surface area contributed by atoms with Crippen LogP contribution in [0.2, 0.25) is 0 Å². The fraction of sp³-hybridized carbons (Fsp3) is 0.419. The van der Waals surface area contributed by atoms with Crippen molar-refractivity contribution >= 4 is 23.9 Å². The van der Waals surface area contributed by atoms with Crippen molar-refractivity contribution < 1.29 is 41.8 Å². The first-order valence-corrected chi connectivity index (χ1v) is 13.8. The predicted molar refractivity (Wildman–Crippen MR) is 149 cm³/mol. The zero-order chi connectivity index (χ0) is 31.5. The average Bonchev–Trinajstić information content (AvgIpc) is 3.30. The molecule has 2 saturated heterocycles. The molecular weight excluding hydrogens is 567 g/mol. The molecule has 12 heteroatoms. The van der Waals surface area contributed by atoms with Gasteiger partial charge >= 0.3 is 18.2 Å². The molecule has 4 rings (SSSR count). The largest absolute Gasteiger partial charge is 0.460 e. The van der Waals surface area contributed by atoms with Gasteiger partial charge in [0.25, 0.3) is 0 Å². The third-order valence-corrected chi connectivity index (χ3v) is 7.08. The number of allylic oxidation sites excluding steroid dienone is 1. The van der Waals surface area contributed by atoms with Crippen LogP contribution in [-0.4, -0.2) is 64.0 Å². The summed E-state index contributed by atoms with van der Waals surface area (Å²) in [6.07, 6.45) is -2.43. The maximum absolute atomic E-state index is 13.8. The number of halogens is 3. The molecule has 2 aromatic carbocycles. The Kier molecular flexibility index (Phi) is 9.17. The molecule has 0 bridgehead atoms. The first-order valence-electron chi connectivity index (χ1n) is 13.8. The number of esters is 1. The molecule has 230 valence electrons. The molecule has 9 nitrogen and oxygen atoms in total. The van der Waals surface area contributed by atoms with Gasteiger partial charge in [0.2, 0.25) is 11.8 Å². The number of carbonyl (C=O) groups is 4. The van der Waals surface area contributed by atoms with Gasteiger partial charge in [0, 0.05) is 6.54 Å². The second-order valence-corrected chi connectivity index (χ2v) is 11.3. The van der Waals surface area contributed by atoms with E-state index in [4.69, 9.17) is 9.47 Å². The van der Waals surface area contributed by atoms with Crippen molar-refractivity contribution in [1.29, 1.82) is 0 Å². The van der Waals surface area contributed by atoms with E-state index in [1.165, 1.54) is 21.9 Å². The van der Waals surface area contributed by atoms with Gasteiger partial charge < -0.3 is 19.7 Å². The summed E-state index contributed by atoms with van der Waals surface area (Å²) >= 11 is 0. The molecule has 2 heterocycles. The van der Waals surface area contributed by atoms with E-state index in [0.717, 1.165) is 17.7 Å². The Balaban J connectivity index is 1.61. The van der Waals surface area contributed by atoms with Gasteiger partial charge in [-0.05, 0) is 51.0 Å². The van der Waals surface area contributed by atoms with Gasteiger partial charge in [0.05, 0.1) is 24.1 Å². The van der Waals surface area contributed by atoms with Crippen LogP contribution in [0.4, 0.5) is 18.0 Å². The minimum absolute atomic E-state index is 0.0357. The monoisotopic (exact) mass is 601 g/mol. The third-order valence-electron chi connectivity index (χ3n) is 7.08. The highest BCUT2D eigenvalue weighted by atomic mass is 19.4. The minimum atomic E-state index is -4.56.